The van der Waals surface area contributed by atoms with Crippen molar-refractivity contribution in [2.45, 2.75) is 58.3 Å². The first-order chi connectivity index (χ1) is 9.58. The third kappa shape index (κ3) is 2.85. The second kappa shape index (κ2) is 6.35. The van der Waals surface area contributed by atoms with E-state index in [9.17, 15) is 9.18 Å². The summed E-state index contributed by atoms with van der Waals surface area (Å²) in [4.78, 5) is 14.4. The Bertz CT molecular complexity index is 460. The fraction of sp³-hybridized carbons (Fsp3) is 0.562. The van der Waals surface area contributed by atoms with Gasteiger partial charge < -0.3 is 4.90 Å². The standard InChI is InChI=1S/C16H23FN2O/c1-4-6-14(5-2)19-15(18-11(3)16(19)20)12-7-9-13(17)10-8-12/h7-11,14-15,18H,4-6H2,1-3H3. The third-order valence-corrected chi connectivity index (χ3v) is 3.98. The Morgan fingerprint density at radius 1 is 1.30 bits per heavy atom. The van der Waals surface area contributed by atoms with Crippen LogP contribution in [-0.2, 0) is 4.79 Å². The van der Waals surface area contributed by atoms with Gasteiger partial charge in [-0.1, -0.05) is 32.4 Å². The summed E-state index contributed by atoms with van der Waals surface area (Å²) in [5.41, 5.74) is 0.943. The van der Waals surface area contributed by atoms with Crippen LogP contribution in [0, 0.1) is 5.82 Å². The van der Waals surface area contributed by atoms with Crippen LogP contribution in [0.4, 0.5) is 4.39 Å². The molecule has 1 saturated heterocycles. The highest BCUT2D eigenvalue weighted by molar-refractivity contribution is 5.84. The predicted molar refractivity (Wildman–Crippen MR) is 77.6 cm³/mol. The number of benzene rings is 1. The minimum atomic E-state index is -0.252. The van der Waals surface area contributed by atoms with Crippen molar-refractivity contribution in [3.05, 3.63) is 35.6 Å². The van der Waals surface area contributed by atoms with Crippen LogP contribution in [0.2, 0.25) is 0 Å². The molecule has 4 heteroatoms. The number of hydrogen-bond acceptors (Lipinski definition) is 2. The van der Waals surface area contributed by atoms with E-state index in [4.69, 9.17) is 0 Å². The number of hydrogen-bond donors (Lipinski definition) is 1. The molecule has 0 radical (unpaired) electrons. The summed E-state index contributed by atoms with van der Waals surface area (Å²) in [6, 6.07) is 6.46. The van der Waals surface area contributed by atoms with Crippen LogP contribution in [0.25, 0.3) is 0 Å². The second-order valence-corrected chi connectivity index (χ2v) is 5.44. The molecule has 20 heavy (non-hydrogen) atoms. The number of carbonyl (C=O) groups excluding carboxylic acids is 1. The van der Waals surface area contributed by atoms with Crippen LogP contribution < -0.4 is 5.32 Å². The van der Waals surface area contributed by atoms with Crippen LogP contribution in [0.3, 0.4) is 0 Å². The lowest BCUT2D eigenvalue weighted by Gasteiger charge is -2.32. The van der Waals surface area contributed by atoms with E-state index in [0.29, 0.717) is 0 Å². The van der Waals surface area contributed by atoms with Crippen molar-refractivity contribution >= 4 is 5.91 Å². The molecule has 110 valence electrons. The zero-order valence-corrected chi connectivity index (χ0v) is 12.4. The fourth-order valence-corrected chi connectivity index (χ4v) is 2.91. The number of nitrogens with one attached hydrogen (secondary N) is 1. The molecular weight excluding hydrogens is 255 g/mol. The predicted octanol–water partition coefficient (Wildman–Crippen LogP) is 3.22. The van der Waals surface area contributed by atoms with Crippen molar-refractivity contribution in [2.75, 3.05) is 0 Å². The molecule has 1 aliphatic heterocycles. The molecule has 0 saturated carbocycles. The summed E-state index contributed by atoms with van der Waals surface area (Å²) >= 11 is 0. The van der Waals surface area contributed by atoms with Crippen LogP contribution in [-0.4, -0.2) is 22.9 Å². The van der Waals surface area contributed by atoms with E-state index in [1.165, 1.54) is 12.1 Å². The topological polar surface area (TPSA) is 32.3 Å². The molecule has 0 spiro atoms. The highest BCUT2D eigenvalue weighted by Crippen LogP contribution is 2.30. The smallest absolute Gasteiger partial charge is 0.241 e. The number of amides is 1. The summed E-state index contributed by atoms with van der Waals surface area (Å²) in [5.74, 6) is -0.113. The van der Waals surface area contributed by atoms with Gasteiger partial charge in [-0.3, -0.25) is 10.1 Å². The summed E-state index contributed by atoms with van der Waals surface area (Å²) < 4.78 is 13.1. The van der Waals surface area contributed by atoms with Crippen molar-refractivity contribution < 1.29 is 9.18 Å². The molecule has 0 aromatic heterocycles. The summed E-state index contributed by atoms with van der Waals surface area (Å²) in [6.45, 7) is 6.13. The Kier molecular flexibility index (Phi) is 4.76. The highest BCUT2D eigenvalue weighted by Gasteiger charge is 2.40. The number of halogens is 1. The Labute approximate surface area is 120 Å². The van der Waals surface area contributed by atoms with E-state index in [2.05, 4.69) is 19.2 Å². The van der Waals surface area contributed by atoms with Crippen LogP contribution in [0.1, 0.15) is 51.8 Å². The average molecular weight is 278 g/mol. The van der Waals surface area contributed by atoms with Crippen molar-refractivity contribution in [2.24, 2.45) is 0 Å². The average Bonchev–Trinajstić information content (AvgIpc) is 2.73. The third-order valence-electron chi connectivity index (χ3n) is 3.98. The van der Waals surface area contributed by atoms with Gasteiger partial charge in [0.05, 0.1) is 6.04 Å². The SMILES string of the molecule is CCCC(CC)N1C(=O)C(C)NC1c1ccc(F)cc1. The molecule has 3 atom stereocenters. The van der Waals surface area contributed by atoms with Crippen molar-refractivity contribution in [3.8, 4) is 0 Å². The molecule has 3 unspecified atom stereocenters. The van der Waals surface area contributed by atoms with E-state index in [1.807, 2.05) is 11.8 Å². The molecule has 1 aromatic carbocycles. The van der Waals surface area contributed by atoms with Gasteiger partial charge in [-0.05, 0) is 37.5 Å². The molecule has 1 amide bonds. The number of nitrogens with zero attached hydrogens (tertiary/aromatic N) is 1. The molecule has 1 N–H and O–H groups in total. The lowest BCUT2D eigenvalue weighted by Crippen LogP contribution is -2.39. The quantitative estimate of drug-likeness (QED) is 0.897. The van der Waals surface area contributed by atoms with Gasteiger partial charge in [0.25, 0.3) is 0 Å². The van der Waals surface area contributed by atoms with E-state index in [1.54, 1.807) is 12.1 Å². The molecular formula is C16H23FN2O. The van der Waals surface area contributed by atoms with E-state index >= 15 is 0 Å². The Morgan fingerprint density at radius 2 is 1.95 bits per heavy atom. The first-order valence-corrected chi connectivity index (χ1v) is 7.42. The lowest BCUT2D eigenvalue weighted by atomic mass is 10.0. The summed E-state index contributed by atoms with van der Waals surface area (Å²) in [6.07, 6.45) is 2.84. The number of carbonyl (C=O) groups is 1. The Hall–Kier alpha value is -1.42. The van der Waals surface area contributed by atoms with E-state index in [-0.39, 0.29) is 30.0 Å². The maximum Gasteiger partial charge on any atom is 0.241 e. The maximum absolute atomic E-state index is 13.1. The lowest BCUT2D eigenvalue weighted by molar-refractivity contribution is -0.132. The Balaban J connectivity index is 2.29. The molecule has 2 rings (SSSR count). The van der Waals surface area contributed by atoms with Crippen molar-refractivity contribution in [3.63, 3.8) is 0 Å². The van der Waals surface area contributed by atoms with Crippen molar-refractivity contribution in [1.29, 1.82) is 0 Å². The molecule has 3 nitrogen and oxygen atoms in total. The minimum absolute atomic E-state index is 0.139. The van der Waals surface area contributed by atoms with Gasteiger partial charge >= 0.3 is 0 Å². The van der Waals surface area contributed by atoms with Gasteiger partial charge in [-0.25, -0.2) is 4.39 Å². The van der Waals surface area contributed by atoms with E-state index < -0.39 is 0 Å². The normalized spacial score (nSPS) is 24.2. The first kappa shape index (κ1) is 15.0. The van der Waals surface area contributed by atoms with Crippen LogP contribution >= 0.6 is 0 Å². The molecule has 1 aliphatic rings. The van der Waals surface area contributed by atoms with Gasteiger partial charge in [0.15, 0.2) is 0 Å². The second-order valence-electron chi connectivity index (χ2n) is 5.44. The first-order valence-electron chi connectivity index (χ1n) is 7.42. The van der Waals surface area contributed by atoms with Crippen LogP contribution in [0.5, 0.6) is 0 Å². The summed E-state index contributed by atoms with van der Waals surface area (Å²) in [7, 11) is 0. The zero-order chi connectivity index (χ0) is 14.7. The zero-order valence-electron chi connectivity index (χ0n) is 12.4. The highest BCUT2D eigenvalue weighted by atomic mass is 19.1. The number of rotatable bonds is 5. The van der Waals surface area contributed by atoms with Gasteiger partial charge in [-0.15, -0.1) is 0 Å². The molecule has 1 fully saturated rings. The fourth-order valence-electron chi connectivity index (χ4n) is 2.91. The van der Waals surface area contributed by atoms with E-state index in [0.717, 1.165) is 24.8 Å². The summed E-state index contributed by atoms with van der Waals surface area (Å²) in [5, 5.41) is 3.32. The molecule has 0 bridgehead atoms. The monoisotopic (exact) mass is 278 g/mol. The van der Waals surface area contributed by atoms with Gasteiger partial charge in [-0.2, -0.15) is 0 Å². The van der Waals surface area contributed by atoms with Gasteiger partial charge in [0.1, 0.15) is 12.0 Å². The van der Waals surface area contributed by atoms with Crippen molar-refractivity contribution in [1.82, 2.24) is 10.2 Å². The Morgan fingerprint density at radius 3 is 2.50 bits per heavy atom. The largest absolute Gasteiger partial charge is 0.319 e. The minimum Gasteiger partial charge on any atom is -0.319 e. The van der Waals surface area contributed by atoms with Gasteiger partial charge in [0, 0.05) is 6.04 Å². The van der Waals surface area contributed by atoms with Crippen LogP contribution in [0.15, 0.2) is 24.3 Å². The molecule has 1 heterocycles. The van der Waals surface area contributed by atoms with Gasteiger partial charge in [0.2, 0.25) is 5.91 Å². The molecule has 0 aliphatic carbocycles. The molecule has 1 aromatic rings. The maximum atomic E-state index is 13.1.